The SMILES string of the molecule is COC(=O)[C@H](Cc1c[nH]c2ccccc12)n1cc(-c2cc(C(=O)N3CCN(C(=O)OC(C)(C)C)CC3)cc(-c3cn([C@@H](CCC(=O)OC(C)(C)C)C(=O)OC(C)(C)C)nn3)c2)nn1. The van der Waals surface area contributed by atoms with Gasteiger partial charge in [0.25, 0.3) is 5.91 Å². The van der Waals surface area contributed by atoms with Gasteiger partial charge in [-0.05, 0) is 98.6 Å². The lowest BCUT2D eigenvalue weighted by Gasteiger charge is -2.35. The van der Waals surface area contributed by atoms with E-state index in [0.717, 1.165) is 16.5 Å². The number of methoxy groups -OCH3 is 1. The van der Waals surface area contributed by atoms with Crippen LogP contribution in [0.4, 0.5) is 4.79 Å². The van der Waals surface area contributed by atoms with Gasteiger partial charge in [0.2, 0.25) is 0 Å². The molecule has 0 aliphatic carbocycles. The zero-order chi connectivity index (χ0) is 45.9. The predicted octanol–water partition coefficient (Wildman–Crippen LogP) is 6.34. The van der Waals surface area contributed by atoms with Crippen molar-refractivity contribution >= 4 is 40.8 Å². The van der Waals surface area contributed by atoms with Gasteiger partial charge in [0.15, 0.2) is 12.1 Å². The summed E-state index contributed by atoms with van der Waals surface area (Å²) in [7, 11) is 1.31. The minimum absolute atomic E-state index is 0.0225. The standard InChI is InChI=1S/C45H57N9O9/c1-43(2,3)61-38(55)16-15-36(41(58)62-44(4,5)6)53-26-34(47-49-53)28-21-29(23-30(22-28)39(56)51-17-19-52(20-18-51)42(59)63-45(7,8)9)35-27-54(50-48-35)37(40(57)60-10)24-31-25-46-33-14-12-11-13-32(31)33/h11-14,21-23,25-27,36-37,46H,15-20,24H2,1-10H3/t36-,37-/m0/s1. The summed E-state index contributed by atoms with van der Waals surface area (Å²) in [6, 6.07) is 11.0. The highest BCUT2D eigenvalue weighted by molar-refractivity contribution is 5.97. The Kier molecular flexibility index (Phi) is 13.4. The topological polar surface area (TPSA) is 206 Å². The number of rotatable bonds is 12. The number of ether oxygens (including phenoxy) is 4. The molecule has 336 valence electrons. The molecule has 18 nitrogen and oxygen atoms in total. The third-order valence-corrected chi connectivity index (χ3v) is 9.93. The van der Waals surface area contributed by atoms with Gasteiger partial charge in [-0.25, -0.2) is 23.7 Å². The maximum atomic E-state index is 14.3. The minimum Gasteiger partial charge on any atom is -0.467 e. The molecular formula is C45H57N9O9. The van der Waals surface area contributed by atoms with Crippen molar-refractivity contribution in [3.05, 3.63) is 72.2 Å². The third kappa shape index (κ3) is 11.9. The quantitative estimate of drug-likeness (QED) is 0.108. The van der Waals surface area contributed by atoms with Crippen molar-refractivity contribution in [2.45, 2.75) is 110 Å². The molecule has 3 aromatic heterocycles. The highest BCUT2D eigenvalue weighted by Crippen LogP contribution is 2.31. The summed E-state index contributed by atoms with van der Waals surface area (Å²) in [4.78, 5) is 73.2. The molecule has 0 bridgehead atoms. The molecule has 0 unspecified atom stereocenters. The summed E-state index contributed by atoms with van der Waals surface area (Å²) in [6.45, 7) is 17.0. The van der Waals surface area contributed by atoms with Crippen molar-refractivity contribution in [1.82, 2.24) is 44.8 Å². The van der Waals surface area contributed by atoms with Gasteiger partial charge in [-0.3, -0.25) is 9.59 Å². The van der Waals surface area contributed by atoms with E-state index in [9.17, 15) is 24.0 Å². The summed E-state index contributed by atoms with van der Waals surface area (Å²) in [5, 5.41) is 18.5. The van der Waals surface area contributed by atoms with Crippen molar-refractivity contribution in [3.63, 3.8) is 0 Å². The fourth-order valence-corrected chi connectivity index (χ4v) is 7.08. The first-order chi connectivity index (χ1) is 29.6. The molecule has 1 fully saturated rings. The highest BCUT2D eigenvalue weighted by atomic mass is 16.6. The van der Waals surface area contributed by atoms with Gasteiger partial charge >= 0.3 is 24.0 Å². The molecule has 5 aromatic rings. The van der Waals surface area contributed by atoms with Crippen molar-refractivity contribution in [2.75, 3.05) is 33.3 Å². The molecule has 4 heterocycles. The summed E-state index contributed by atoms with van der Waals surface area (Å²) in [6.07, 6.45) is 4.77. The van der Waals surface area contributed by atoms with E-state index >= 15 is 0 Å². The fourth-order valence-electron chi connectivity index (χ4n) is 7.08. The van der Waals surface area contributed by atoms with Crippen LogP contribution in [-0.2, 0) is 39.8 Å². The van der Waals surface area contributed by atoms with Gasteiger partial charge < -0.3 is 33.7 Å². The van der Waals surface area contributed by atoms with Crippen LogP contribution in [-0.4, -0.2) is 125 Å². The second kappa shape index (κ2) is 18.4. The van der Waals surface area contributed by atoms with E-state index in [1.165, 1.54) is 16.5 Å². The molecule has 2 aromatic carbocycles. The monoisotopic (exact) mass is 867 g/mol. The number of piperazine rings is 1. The molecule has 6 rings (SSSR count). The van der Waals surface area contributed by atoms with Gasteiger partial charge in [0.05, 0.1) is 19.5 Å². The smallest absolute Gasteiger partial charge is 0.410 e. The maximum Gasteiger partial charge on any atom is 0.410 e. The largest absolute Gasteiger partial charge is 0.467 e. The summed E-state index contributed by atoms with van der Waals surface area (Å²) < 4.78 is 24.8. The first-order valence-electron chi connectivity index (χ1n) is 20.9. The zero-order valence-corrected chi connectivity index (χ0v) is 37.6. The number of nitrogens with one attached hydrogen (secondary N) is 1. The number of benzene rings is 2. The highest BCUT2D eigenvalue weighted by Gasteiger charge is 2.32. The lowest BCUT2D eigenvalue weighted by molar-refractivity contribution is -0.160. The number of amides is 2. The Morgan fingerprint density at radius 2 is 1.25 bits per heavy atom. The molecule has 0 radical (unpaired) electrons. The summed E-state index contributed by atoms with van der Waals surface area (Å²) in [5.74, 6) is -1.92. The number of nitrogens with zero attached hydrogens (tertiary/aromatic N) is 8. The molecule has 1 aliphatic heterocycles. The van der Waals surface area contributed by atoms with Crippen molar-refractivity contribution in [2.24, 2.45) is 0 Å². The van der Waals surface area contributed by atoms with Crippen LogP contribution in [0.5, 0.6) is 0 Å². The lowest BCUT2D eigenvalue weighted by Crippen LogP contribution is -2.51. The molecule has 0 saturated carbocycles. The number of carbonyl (C=O) groups is 5. The Hall–Kier alpha value is -6.59. The molecule has 63 heavy (non-hydrogen) atoms. The Labute approximate surface area is 366 Å². The number of aromatic amines is 1. The van der Waals surface area contributed by atoms with Crippen LogP contribution in [0, 0.1) is 0 Å². The number of H-pyrrole nitrogens is 1. The van der Waals surface area contributed by atoms with Gasteiger partial charge in [-0.15, -0.1) is 10.2 Å². The number of hydrogen-bond acceptors (Lipinski definition) is 13. The van der Waals surface area contributed by atoms with Crippen molar-refractivity contribution in [1.29, 1.82) is 0 Å². The summed E-state index contributed by atoms with van der Waals surface area (Å²) >= 11 is 0. The molecule has 0 spiro atoms. The maximum absolute atomic E-state index is 14.3. The summed E-state index contributed by atoms with van der Waals surface area (Å²) in [5.41, 5.74) is 1.50. The Bertz CT molecular complexity index is 2460. The van der Waals surface area contributed by atoms with E-state index in [0.29, 0.717) is 22.5 Å². The number of carbonyl (C=O) groups excluding carboxylic acids is 5. The molecule has 1 saturated heterocycles. The van der Waals surface area contributed by atoms with Crippen LogP contribution in [0.1, 0.15) is 103 Å². The first-order valence-corrected chi connectivity index (χ1v) is 20.9. The molecule has 2 amide bonds. The van der Waals surface area contributed by atoms with Crippen LogP contribution < -0.4 is 0 Å². The first kappa shape index (κ1) is 45.9. The molecular weight excluding hydrogens is 811 g/mol. The Morgan fingerprint density at radius 1 is 0.698 bits per heavy atom. The van der Waals surface area contributed by atoms with Crippen LogP contribution >= 0.6 is 0 Å². The van der Waals surface area contributed by atoms with Crippen molar-refractivity contribution < 1.29 is 42.9 Å². The van der Waals surface area contributed by atoms with E-state index in [1.807, 2.05) is 30.5 Å². The van der Waals surface area contributed by atoms with E-state index in [4.69, 9.17) is 18.9 Å². The van der Waals surface area contributed by atoms with Gasteiger partial charge in [-0.1, -0.05) is 28.6 Å². The second-order valence-corrected chi connectivity index (χ2v) is 18.5. The van der Waals surface area contributed by atoms with E-state index in [1.54, 1.807) is 103 Å². The molecule has 18 heteroatoms. The van der Waals surface area contributed by atoms with Crippen molar-refractivity contribution in [3.8, 4) is 22.5 Å². The van der Waals surface area contributed by atoms with E-state index in [-0.39, 0.29) is 56.9 Å². The minimum atomic E-state index is -1.03. The predicted molar refractivity (Wildman–Crippen MR) is 231 cm³/mol. The third-order valence-electron chi connectivity index (χ3n) is 9.93. The average Bonchev–Trinajstić information content (AvgIpc) is 3.98. The van der Waals surface area contributed by atoms with E-state index in [2.05, 4.69) is 25.6 Å². The Balaban J connectivity index is 1.35. The number of fused-ring (bicyclic) bond motifs is 1. The van der Waals surface area contributed by atoms with Crippen LogP contribution in [0.25, 0.3) is 33.4 Å². The van der Waals surface area contributed by atoms with Crippen LogP contribution in [0.3, 0.4) is 0 Å². The van der Waals surface area contributed by atoms with Crippen LogP contribution in [0.15, 0.2) is 61.1 Å². The van der Waals surface area contributed by atoms with Gasteiger partial charge in [0.1, 0.15) is 28.2 Å². The Morgan fingerprint density at radius 3 is 1.83 bits per heavy atom. The average molecular weight is 868 g/mol. The van der Waals surface area contributed by atoms with E-state index < -0.39 is 52.9 Å². The lowest BCUT2D eigenvalue weighted by atomic mass is 10.0. The van der Waals surface area contributed by atoms with Gasteiger partial charge in [-0.2, -0.15) is 0 Å². The molecule has 2 atom stereocenters. The zero-order valence-electron chi connectivity index (χ0n) is 37.6. The number of hydrogen-bond donors (Lipinski definition) is 1. The molecule has 1 N–H and O–H groups in total. The van der Waals surface area contributed by atoms with Crippen LogP contribution in [0.2, 0.25) is 0 Å². The fraction of sp³-hybridized carbons (Fsp3) is 0.489. The normalized spacial score (nSPS) is 14.6. The second-order valence-electron chi connectivity index (χ2n) is 18.5. The van der Waals surface area contributed by atoms with Gasteiger partial charge in [0, 0.05) is 72.8 Å². The number of esters is 3. The number of para-hydroxylation sites is 1. The number of aromatic nitrogens is 7. The molecule has 1 aliphatic rings.